The van der Waals surface area contributed by atoms with Gasteiger partial charge < -0.3 is 5.32 Å². The molecule has 0 aliphatic rings. The Labute approximate surface area is 92.9 Å². The molecule has 1 atom stereocenters. The number of hydrogen-bond donors (Lipinski definition) is 1. The van der Waals surface area contributed by atoms with Crippen LogP contribution in [0.5, 0.6) is 0 Å². The molecule has 1 heterocycles. The van der Waals surface area contributed by atoms with Gasteiger partial charge in [0, 0.05) is 24.8 Å². The first-order chi connectivity index (χ1) is 7.01. The highest BCUT2D eigenvalue weighted by Crippen LogP contribution is 2.35. The van der Waals surface area contributed by atoms with Gasteiger partial charge in [0.1, 0.15) is 0 Å². The van der Waals surface area contributed by atoms with Crippen molar-refractivity contribution in [2.24, 2.45) is 12.5 Å². The molecule has 86 valence electrons. The fourth-order valence-corrected chi connectivity index (χ4v) is 1.84. The van der Waals surface area contributed by atoms with Gasteiger partial charge in [0.2, 0.25) is 0 Å². The van der Waals surface area contributed by atoms with Crippen LogP contribution in [0.25, 0.3) is 0 Å². The number of nitrogens with one attached hydrogen (secondary N) is 1. The monoisotopic (exact) mass is 209 g/mol. The second kappa shape index (κ2) is 4.79. The molecule has 3 heteroatoms. The highest BCUT2D eigenvalue weighted by molar-refractivity contribution is 5.13. The largest absolute Gasteiger partial charge is 0.310 e. The summed E-state index contributed by atoms with van der Waals surface area (Å²) in [5, 5.41) is 7.79. The fraction of sp³-hybridized carbons (Fsp3) is 0.750. The van der Waals surface area contributed by atoms with Crippen LogP contribution in [0.4, 0.5) is 0 Å². The zero-order valence-corrected chi connectivity index (χ0v) is 10.5. The Morgan fingerprint density at radius 1 is 1.47 bits per heavy atom. The van der Waals surface area contributed by atoms with E-state index in [1.54, 1.807) is 0 Å². The van der Waals surface area contributed by atoms with Gasteiger partial charge in [-0.2, -0.15) is 5.10 Å². The summed E-state index contributed by atoms with van der Waals surface area (Å²) < 4.78 is 1.87. The Balaban J connectivity index is 2.92. The second-order valence-corrected chi connectivity index (χ2v) is 4.78. The molecule has 0 spiro atoms. The standard InChI is InChI=1S/C12H23N3/c1-6-12(3,4)11(13-7-2)10-8-14-15(5)9-10/h8-9,11,13H,6-7H2,1-5H3. The van der Waals surface area contributed by atoms with Crippen molar-refractivity contribution in [1.82, 2.24) is 15.1 Å². The van der Waals surface area contributed by atoms with E-state index in [-0.39, 0.29) is 5.41 Å². The second-order valence-electron chi connectivity index (χ2n) is 4.78. The minimum absolute atomic E-state index is 0.263. The molecule has 0 aliphatic carbocycles. The van der Waals surface area contributed by atoms with E-state index in [1.165, 1.54) is 5.56 Å². The quantitative estimate of drug-likeness (QED) is 0.807. The van der Waals surface area contributed by atoms with Crippen LogP contribution < -0.4 is 5.32 Å². The number of hydrogen-bond acceptors (Lipinski definition) is 2. The molecule has 1 N–H and O–H groups in total. The fourth-order valence-electron chi connectivity index (χ4n) is 1.84. The number of aryl methyl sites for hydroxylation is 1. The van der Waals surface area contributed by atoms with Crippen LogP contribution in [-0.2, 0) is 7.05 Å². The van der Waals surface area contributed by atoms with Gasteiger partial charge in [-0.05, 0) is 18.4 Å². The smallest absolute Gasteiger partial charge is 0.0537 e. The molecule has 15 heavy (non-hydrogen) atoms. The van der Waals surface area contributed by atoms with E-state index in [4.69, 9.17) is 0 Å². The molecule has 1 rings (SSSR count). The van der Waals surface area contributed by atoms with Crippen LogP contribution >= 0.6 is 0 Å². The molecule has 1 aromatic rings. The van der Waals surface area contributed by atoms with Crippen molar-refractivity contribution in [2.45, 2.75) is 40.2 Å². The van der Waals surface area contributed by atoms with Crippen molar-refractivity contribution in [1.29, 1.82) is 0 Å². The van der Waals surface area contributed by atoms with Gasteiger partial charge in [-0.25, -0.2) is 0 Å². The van der Waals surface area contributed by atoms with E-state index in [2.05, 4.69) is 44.3 Å². The third kappa shape index (κ3) is 2.81. The predicted octanol–water partition coefficient (Wildman–Crippen LogP) is 2.51. The average molecular weight is 209 g/mol. The zero-order chi connectivity index (χ0) is 11.5. The van der Waals surface area contributed by atoms with E-state index in [0.717, 1.165) is 13.0 Å². The van der Waals surface area contributed by atoms with Crippen LogP contribution in [0.2, 0.25) is 0 Å². The number of aromatic nitrogens is 2. The van der Waals surface area contributed by atoms with Crippen LogP contribution in [0.3, 0.4) is 0 Å². The van der Waals surface area contributed by atoms with Crippen molar-refractivity contribution in [2.75, 3.05) is 6.54 Å². The lowest BCUT2D eigenvalue weighted by Gasteiger charge is -2.33. The molecular formula is C12H23N3. The van der Waals surface area contributed by atoms with Gasteiger partial charge in [0.15, 0.2) is 0 Å². The first-order valence-corrected chi connectivity index (χ1v) is 5.73. The van der Waals surface area contributed by atoms with Crippen LogP contribution in [0.1, 0.15) is 45.7 Å². The van der Waals surface area contributed by atoms with Crippen molar-refractivity contribution < 1.29 is 0 Å². The molecule has 0 radical (unpaired) electrons. The highest BCUT2D eigenvalue weighted by Gasteiger charge is 2.29. The summed E-state index contributed by atoms with van der Waals surface area (Å²) in [6.45, 7) is 9.97. The molecule has 0 bridgehead atoms. The summed E-state index contributed by atoms with van der Waals surface area (Å²) in [5.41, 5.74) is 1.55. The van der Waals surface area contributed by atoms with E-state index in [1.807, 2.05) is 17.9 Å². The normalized spacial score (nSPS) is 14.2. The van der Waals surface area contributed by atoms with Gasteiger partial charge in [-0.1, -0.05) is 27.7 Å². The summed E-state index contributed by atoms with van der Waals surface area (Å²) in [7, 11) is 1.96. The third-order valence-electron chi connectivity index (χ3n) is 3.16. The average Bonchev–Trinajstić information content (AvgIpc) is 2.60. The molecule has 1 unspecified atom stereocenters. The van der Waals surface area contributed by atoms with Crippen LogP contribution in [-0.4, -0.2) is 16.3 Å². The molecule has 0 aromatic carbocycles. The summed E-state index contributed by atoms with van der Waals surface area (Å²) in [6.07, 6.45) is 5.22. The highest BCUT2D eigenvalue weighted by atomic mass is 15.2. The topological polar surface area (TPSA) is 29.9 Å². The van der Waals surface area contributed by atoms with Gasteiger partial charge in [0.25, 0.3) is 0 Å². The van der Waals surface area contributed by atoms with E-state index in [0.29, 0.717) is 6.04 Å². The minimum atomic E-state index is 0.263. The summed E-state index contributed by atoms with van der Waals surface area (Å²) in [4.78, 5) is 0. The zero-order valence-electron chi connectivity index (χ0n) is 10.5. The lowest BCUT2D eigenvalue weighted by atomic mass is 9.79. The molecule has 0 aliphatic heterocycles. The molecule has 1 aromatic heterocycles. The van der Waals surface area contributed by atoms with Crippen molar-refractivity contribution in [3.05, 3.63) is 18.0 Å². The van der Waals surface area contributed by atoms with Gasteiger partial charge in [0.05, 0.1) is 6.20 Å². The van der Waals surface area contributed by atoms with Crippen molar-refractivity contribution >= 4 is 0 Å². The Kier molecular flexibility index (Phi) is 3.91. The summed E-state index contributed by atoms with van der Waals surface area (Å²) in [6, 6.07) is 0.390. The van der Waals surface area contributed by atoms with Crippen molar-refractivity contribution in [3.63, 3.8) is 0 Å². The Morgan fingerprint density at radius 2 is 2.13 bits per heavy atom. The minimum Gasteiger partial charge on any atom is -0.310 e. The van der Waals surface area contributed by atoms with E-state index < -0.39 is 0 Å². The maximum atomic E-state index is 4.24. The first-order valence-electron chi connectivity index (χ1n) is 5.73. The Morgan fingerprint density at radius 3 is 2.53 bits per heavy atom. The predicted molar refractivity (Wildman–Crippen MR) is 63.7 cm³/mol. The van der Waals surface area contributed by atoms with Crippen LogP contribution in [0.15, 0.2) is 12.4 Å². The molecular weight excluding hydrogens is 186 g/mol. The molecule has 0 saturated heterocycles. The van der Waals surface area contributed by atoms with E-state index in [9.17, 15) is 0 Å². The molecule has 3 nitrogen and oxygen atoms in total. The third-order valence-corrected chi connectivity index (χ3v) is 3.16. The number of rotatable bonds is 5. The van der Waals surface area contributed by atoms with Gasteiger partial charge >= 0.3 is 0 Å². The van der Waals surface area contributed by atoms with Gasteiger partial charge in [-0.15, -0.1) is 0 Å². The van der Waals surface area contributed by atoms with Crippen molar-refractivity contribution in [3.8, 4) is 0 Å². The first kappa shape index (κ1) is 12.2. The molecule has 0 amide bonds. The molecule has 0 saturated carbocycles. The maximum Gasteiger partial charge on any atom is 0.0537 e. The van der Waals surface area contributed by atoms with E-state index >= 15 is 0 Å². The summed E-state index contributed by atoms with van der Waals surface area (Å²) in [5.74, 6) is 0. The lowest BCUT2D eigenvalue weighted by molar-refractivity contribution is 0.237. The Hall–Kier alpha value is -0.830. The lowest BCUT2D eigenvalue weighted by Crippen LogP contribution is -2.33. The Bertz CT molecular complexity index is 302. The summed E-state index contributed by atoms with van der Waals surface area (Å²) >= 11 is 0. The SMILES string of the molecule is CCNC(c1cnn(C)c1)C(C)(C)CC. The maximum absolute atomic E-state index is 4.24. The number of nitrogens with zero attached hydrogens (tertiary/aromatic N) is 2. The van der Waals surface area contributed by atoms with Crippen LogP contribution in [0, 0.1) is 5.41 Å². The molecule has 0 fully saturated rings. The van der Waals surface area contributed by atoms with Gasteiger partial charge in [-0.3, -0.25) is 4.68 Å².